The topological polar surface area (TPSA) is 30.9 Å². The molecule has 0 spiro atoms. The fourth-order valence-electron chi connectivity index (χ4n) is 3.04. The molecule has 132 valence electrons. The lowest BCUT2D eigenvalue weighted by molar-refractivity contribution is 0.0860. The molecule has 0 heterocycles. The predicted molar refractivity (Wildman–Crippen MR) is 99.5 cm³/mol. The third-order valence-corrected chi connectivity index (χ3v) is 6.72. The van der Waals surface area contributed by atoms with E-state index >= 15 is 0 Å². The molecule has 0 radical (unpaired) electrons. The maximum absolute atomic E-state index is 6.11. The van der Waals surface area contributed by atoms with Crippen LogP contribution in [0.25, 0.3) is 0 Å². The van der Waals surface area contributed by atoms with Crippen molar-refractivity contribution in [2.75, 3.05) is 24.7 Å². The standard InChI is InChI=1S/C18H33NO3Si/c1-8-20-23(21-9-2,22-10-3)18-14-12-11-13-17(18)19(15(4)5)16(6)7/h11-16H,8-10H2,1-7H3. The molecule has 0 N–H and O–H groups in total. The molecule has 0 aliphatic carbocycles. The maximum Gasteiger partial charge on any atom is 0.539 e. The van der Waals surface area contributed by atoms with Gasteiger partial charge in [-0.25, -0.2) is 0 Å². The van der Waals surface area contributed by atoms with Gasteiger partial charge in [0.15, 0.2) is 0 Å². The molecule has 0 saturated heterocycles. The number of para-hydroxylation sites is 1. The summed E-state index contributed by atoms with van der Waals surface area (Å²) in [5.74, 6) is 0. The van der Waals surface area contributed by atoms with Crippen LogP contribution in [0.5, 0.6) is 0 Å². The Kier molecular flexibility index (Phi) is 8.26. The Balaban J connectivity index is 3.47. The molecular weight excluding hydrogens is 306 g/mol. The number of hydrogen-bond donors (Lipinski definition) is 0. The SMILES string of the molecule is CCO[Si](OCC)(OCC)c1ccccc1N(C(C)C)C(C)C. The summed E-state index contributed by atoms with van der Waals surface area (Å²) in [4.78, 5) is 2.40. The predicted octanol–water partition coefficient (Wildman–Crippen LogP) is 3.57. The zero-order chi connectivity index (χ0) is 17.5. The van der Waals surface area contributed by atoms with E-state index in [4.69, 9.17) is 13.3 Å². The first-order chi connectivity index (χ1) is 10.9. The van der Waals surface area contributed by atoms with E-state index in [1.165, 1.54) is 0 Å². The second-order valence-electron chi connectivity index (χ2n) is 5.97. The number of anilines is 1. The Bertz CT molecular complexity index is 440. The number of rotatable bonds is 10. The van der Waals surface area contributed by atoms with Gasteiger partial charge in [-0.2, -0.15) is 0 Å². The van der Waals surface area contributed by atoms with Crippen LogP contribution in [-0.2, 0) is 13.3 Å². The molecule has 0 atom stereocenters. The van der Waals surface area contributed by atoms with Gasteiger partial charge in [0.25, 0.3) is 0 Å². The first-order valence-corrected chi connectivity index (χ1v) is 10.5. The molecule has 0 aliphatic rings. The Hall–Kier alpha value is -0.883. The van der Waals surface area contributed by atoms with Crippen LogP contribution in [0.3, 0.4) is 0 Å². The van der Waals surface area contributed by atoms with Gasteiger partial charge in [0, 0.05) is 42.8 Å². The van der Waals surface area contributed by atoms with Crippen molar-refractivity contribution in [3.8, 4) is 0 Å². The third-order valence-electron chi connectivity index (χ3n) is 3.63. The zero-order valence-corrected chi connectivity index (χ0v) is 16.8. The second-order valence-corrected chi connectivity index (χ2v) is 8.48. The first kappa shape index (κ1) is 20.2. The molecule has 0 saturated carbocycles. The average molecular weight is 340 g/mol. The highest BCUT2D eigenvalue weighted by atomic mass is 28.4. The molecule has 0 fully saturated rings. The van der Waals surface area contributed by atoms with Crippen molar-refractivity contribution in [1.82, 2.24) is 0 Å². The van der Waals surface area contributed by atoms with E-state index in [-0.39, 0.29) is 0 Å². The minimum Gasteiger partial charge on any atom is -0.370 e. The number of benzene rings is 1. The van der Waals surface area contributed by atoms with Crippen molar-refractivity contribution >= 4 is 19.7 Å². The van der Waals surface area contributed by atoms with Crippen LogP contribution in [-0.4, -0.2) is 40.7 Å². The minimum atomic E-state index is -2.91. The molecule has 1 rings (SSSR count). The summed E-state index contributed by atoms with van der Waals surface area (Å²) in [6.07, 6.45) is 0. The first-order valence-electron chi connectivity index (χ1n) is 8.73. The highest BCUT2D eigenvalue weighted by Crippen LogP contribution is 2.23. The Morgan fingerprint density at radius 2 is 1.26 bits per heavy atom. The van der Waals surface area contributed by atoms with Gasteiger partial charge in [-0.3, -0.25) is 0 Å². The highest BCUT2D eigenvalue weighted by Gasteiger charge is 2.46. The van der Waals surface area contributed by atoms with E-state index < -0.39 is 8.80 Å². The highest BCUT2D eigenvalue weighted by molar-refractivity contribution is 6.76. The lowest BCUT2D eigenvalue weighted by Gasteiger charge is -2.38. The van der Waals surface area contributed by atoms with Crippen molar-refractivity contribution in [3.63, 3.8) is 0 Å². The van der Waals surface area contributed by atoms with E-state index in [9.17, 15) is 0 Å². The van der Waals surface area contributed by atoms with Crippen LogP contribution in [0, 0.1) is 0 Å². The smallest absolute Gasteiger partial charge is 0.370 e. The summed E-state index contributed by atoms with van der Waals surface area (Å²) >= 11 is 0. The molecular formula is C18H33NO3Si. The van der Waals surface area contributed by atoms with Gasteiger partial charge in [-0.15, -0.1) is 0 Å². The van der Waals surface area contributed by atoms with Crippen molar-refractivity contribution in [1.29, 1.82) is 0 Å². The van der Waals surface area contributed by atoms with Crippen molar-refractivity contribution < 1.29 is 13.3 Å². The van der Waals surface area contributed by atoms with E-state index in [0.717, 1.165) is 10.9 Å². The molecule has 0 bridgehead atoms. The van der Waals surface area contributed by atoms with Gasteiger partial charge < -0.3 is 18.2 Å². The maximum atomic E-state index is 6.11. The molecule has 23 heavy (non-hydrogen) atoms. The van der Waals surface area contributed by atoms with Crippen molar-refractivity contribution in [2.45, 2.75) is 60.5 Å². The van der Waals surface area contributed by atoms with Gasteiger partial charge in [0.1, 0.15) is 0 Å². The van der Waals surface area contributed by atoms with Gasteiger partial charge in [-0.1, -0.05) is 18.2 Å². The Morgan fingerprint density at radius 3 is 1.65 bits per heavy atom. The van der Waals surface area contributed by atoms with Gasteiger partial charge in [-0.05, 0) is 54.5 Å². The van der Waals surface area contributed by atoms with Crippen LogP contribution in [0.1, 0.15) is 48.5 Å². The number of hydrogen-bond acceptors (Lipinski definition) is 4. The molecule has 1 aromatic carbocycles. The fourth-order valence-corrected chi connectivity index (χ4v) is 5.72. The Labute approximate surface area is 143 Å². The van der Waals surface area contributed by atoms with E-state index in [1.54, 1.807) is 0 Å². The average Bonchev–Trinajstić information content (AvgIpc) is 2.47. The van der Waals surface area contributed by atoms with Gasteiger partial charge >= 0.3 is 8.80 Å². The van der Waals surface area contributed by atoms with Crippen LogP contribution >= 0.6 is 0 Å². The molecule has 0 amide bonds. The molecule has 5 heteroatoms. The molecule has 0 aromatic heterocycles. The number of nitrogens with zero attached hydrogens (tertiary/aromatic N) is 1. The summed E-state index contributed by atoms with van der Waals surface area (Å²) in [6.45, 7) is 16.5. The normalized spacial score (nSPS) is 12.2. The lowest BCUT2D eigenvalue weighted by Crippen LogP contribution is -2.59. The summed E-state index contributed by atoms with van der Waals surface area (Å²) in [6, 6.07) is 9.12. The minimum absolute atomic E-state index is 0.382. The Morgan fingerprint density at radius 1 is 0.826 bits per heavy atom. The quantitative estimate of drug-likeness (QED) is 0.610. The van der Waals surface area contributed by atoms with Crippen molar-refractivity contribution in [2.24, 2.45) is 0 Å². The third kappa shape index (κ3) is 4.80. The van der Waals surface area contributed by atoms with Crippen LogP contribution in [0.2, 0.25) is 0 Å². The monoisotopic (exact) mass is 339 g/mol. The molecule has 0 unspecified atom stereocenters. The molecule has 0 aliphatic heterocycles. The van der Waals surface area contributed by atoms with E-state index in [0.29, 0.717) is 31.9 Å². The van der Waals surface area contributed by atoms with Gasteiger partial charge in [0.2, 0.25) is 0 Å². The van der Waals surface area contributed by atoms with E-state index in [1.807, 2.05) is 26.8 Å². The second kappa shape index (κ2) is 9.42. The van der Waals surface area contributed by atoms with Crippen molar-refractivity contribution in [3.05, 3.63) is 24.3 Å². The summed E-state index contributed by atoms with van der Waals surface area (Å²) in [7, 11) is -2.91. The molecule has 4 nitrogen and oxygen atoms in total. The fraction of sp³-hybridized carbons (Fsp3) is 0.667. The molecule has 1 aromatic rings. The zero-order valence-electron chi connectivity index (χ0n) is 15.8. The van der Waals surface area contributed by atoms with Gasteiger partial charge in [0.05, 0.1) is 0 Å². The van der Waals surface area contributed by atoms with Crippen LogP contribution in [0.4, 0.5) is 5.69 Å². The van der Waals surface area contributed by atoms with Crippen LogP contribution < -0.4 is 10.1 Å². The van der Waals surface area contributed by atoms with E-state index in [2.05, 4.69) is 50.8 Å². The summed E-state index contributed by atoms with van der Waals surface area (Å²) in [5.41, 5.74) is 1.15. The van der Waals surface area contributed by atoms with Crippen LogP contribution in [0.15, 0.2) is 24.3 Å². The lowest BCUT2D eigenvalue weighted by atomic mass is 10.2. The summed E-state index contributed by atoms with van der Waals surface area (Å²) < 4.78 is 18.3. The summed E-state index contributed by atoms with van der Waals surface area (Å²) in [5, 5.41) is 1.06. The largest absolute Gasteiger partial charge is 0.539 e.